The van der Waals surface area contributed by atoms with E-state index in [1.54, 1.807) is 6.92 Å². The monoisotopic (exact) mass is 216 g/mol. The van der Waals surface area contributed by atoms with Crippen molar-refractivity contribution < 1.29 is 5.11 Å². The van der Waals surface area contributed by atoms with E-state index in [4.69, 9.17) is 5.73 Å². The van der Waals surface area contributed by atoms with E-state index in [2.05, 4.69) is 32.6 Å². The average Bonchev–Trinajstić information content (AvgIpc) is 2.00. The Balaban J connectivity index is 4.23. The molecule has 3 N–H and O–H groups in total. The molecule has 3 nitrogen and oxygen atoms in total. The van der Waals surface area contributed by atoms with E-state index in [9.17, 15) is 5.11 Å². The molecule has 0 aliphatic carbocycles. The summed E-state index contributed by atoms with van der Waals surface area (Å²) in [5.74, 6) is 1.25. The number of hydrogen-bond donors (Lipinski definition) is 2. The molecule has 0 fully saturated rings. The first-order valence-corrected chi connectivity index (χ1v) is 5.91. The molecule has 0 rings (SSSR count). The fourth-order valence-electron chi connectivity index (χ4n) is 1.78. The van der Waals surface area contributed by atoms with Gasteiger partial charge in [0.15, 0.2) is 0 Å². The molecule has 1 unspecified atom stereocenters. The molecule has 15 heavy (non-hydrogen) atoms. The molecule has 0 aliphatic rings. The van der Waals surface area contributed by atoms with Crippen LogP contribution in [0, 0.1) is 11.8 Å². The Kier molecular flexibility index (Phi) is 6.41. The lowest BCUT2D eigenvalue weighted by molar-refractivity contribution is 0.0205. The van der Waals surface area contributed by atoms with Crippen LogP contribution in [0.1, 0.15) is 34.6 Å². The van der Waals surface area contributed by atoms with Crippen LogP contribution < -0.4 is 5.73 Å². The van der Waals surface area contributed by atoms with Crippen molar-refractivity contribution in [2.45, 2.75) is 40.2 Å². The molecule has 0 amide bonds. The van der Waals surface area contributed by atoms with Gasteiger partial charge in [-0.3, -0.25) is 4.90 Å². The second kappa shape index (κ2) is 6.46. The minimum atomic E-state index is -0.760. The zero-order valence-corrected chi connectivity index (χ0v) is 11.0. The lowest BCUT2D eigenvalue weighted by Crippen LogP contribution is -2.48. The van der Waals surface area contributed by atoms with Gasteiger partial charge in [-0.25, -0.2) is 0 Å². The lowest BCUT2D eigenvalue weighted by atomic mass is 10.0. The third kappa shape index (κ3) is 7.77. The summed E-state index contributed by atoms with van der Waals surface area (Å²) in [7, 11) is 0. The molecule has 3 heteroatoms. The van der Waals surface area contributed by atoms with Gasteiger partial charge in [-0.1, -0.05) is 27.7 Å². The fraction of sp³-hybridized carbons (Fsp3) is 1.00. The average molecular weight is 216 g/mol. The van der Waals surface area contributed by atoms with E-state index < -0.39 is 5.60 Å². The Morgan fingerprint density at radius 3 is 1.80 bits per heavy atom. The van der Waals surface area contributed by atoms with Gasteiger partial charge in [-0.15, -0.1) is 0 Å². The van der Waals surface area contributed by atoms with E-state index >= 15 is 0 Å². The molecule has 0 aromatic carbocycles. The first kappa shape index (κ1) is 14.9. The second-order valence-corrected chi connectivity index (χ2v) is 5.68. The SMILES string of the molecule is CC(C)CN(CC(C)C)CC(C)(O)CN. The van der Waals surface area contributed by atoms with Gasteiger partial charge in [-0.05, 0) is 18.8 Å². The van der Waals surface area contributed by atoms with Crippen LogP contribution in [0.3, 0.4) is 0 Å². The zero-order chi connectivity index (χ0) is 12.1. The van der Waals surface area contributed by atoms with E-state index in [0.29, 0.717) is 24.9 Å². The van der Waals surface area contributed by atoms with Crippen molar-refractivity contribution >= 4 is 0 Å². The predicted molar refractivity (Wildman–Crippen MR) is 65.8 cm³/mol. The van der Waals surface area contributed by atoms with Crippen molar-refractivity contribution in [1.82, 2.24) is 4.90 Å². The quantitative estimate of drug-likeness (QED) is 0.674. The van der Waals surface area contributed by atoms with E-state index in [-0.39, 0.29) is 0 Å². The Hall–Kier alpha value is -0.120. The molecule has 0 aliphatic heterocycles. The van der Waals surface area contributed by atoms with Crippen LogP contribution in [-0.4, -0.2) is 41.8 Å². The van der Waals surface area contributed by atoms with Crippen molar-refractivity contribution in [2.75, 3.05) is 26.2 Å². The summed E-state index contributed by atoms with van der Waals surface area (Å²) >= 11 is 0. The summed E-state index contributed by atoms with van der Waals surface area (Å²) in [6.07, 6.45) is 0. The Bertz CT molecular complexity index is 157. The Morgan fingerprint density at radius 2 is 1.53 bits per heavy atom. The second-order valence-electron chi connectivity index (χ2n) is 5.68. The molecule has 0 aromatic rings. The van der Waals surface area contributed by atoms with Crippen molar-refractivity contribution in [3.8, 4) is 0 Å². The molecule has 0 spiro atoms. The minimum Gasteiger partial charge on any atom is -0.388 e. The van der Waals surface area contributed by atoms with Crippen LogP contribution in [0.4, 0.5) is 0 Å². The molecule has 0 bridgehead atoms. The normalized spacial score (nSPS) is 16.4. The Morgan fingerprint density at radius 1 is 1.13 bits per heavy atom. The molecular formula is C12H28N2O. The molecule has 0 radical (unpaired) electrons. The third-order valence-electron chi connectivity index (χ3n) is 2.25. The van der Waals surface area contributed by atoms with Gasteiger partial charge in [0.2, 0.25) is 0 Å². The first-order valence-electron chi connectivity index (χ1n) is 5.91. The number of nitrogens with zero attached hydrogens (tertiary/aromatic N) is 1. The van der Waals surface area contributed by atoms with Crippen molar-refractivity contribution in [2.24, 2.45) is 17.6 Å². The molecule has 92 valence electrons. The highest BCUT2D eigenvalue weighted by Crippen LogP contribution is 2.09. The predicted octanol–water partition coefficient (Wildman–Crippen LogP) is 1.31. The number of hydrogen-bond acceptors (Lipinski definition) is 3. The topological polar surface area (TPSA) is 49.5 Å². The Labute approximate surface area is 94.6 Å². The van der Waals surface area contributed by atoms with E-state index in [1.807, 2.05) is 0 Å². The van der Waals surface area contributed by atoms with E-state index in [1.165, 1.54) is 0 Å². The highest BCUT2D eigenvalue weighted by Gasteiger charge is 2.23. The maximum absolute atomic E-state index is 9.95. The van der Waals surface area contributed by atoms with Gasteiger partial charge in [0.1, 0.15) is 0 Å². The summed E-state index contributed by atoms with van der Waals surface area (Å²) in [5.41, 5.74) is 4.78. The van der Waals surface area contributed by atoms with Crippen molar-refractivity contribution in [3.63, 3.8) is 0 Å². The molecule has 1 atom stereocenters. The number of nitrogens with two attached hydrogens (primary N) is 1. The lowest BCUT2D eigenvalue weighted by Gasteiger charge is -2.32. The molecule has 0 saturated heterocycles. The fourth-order valence-corrected chi connectivity index (χ4v) is 1.78. The van der Waals surface area contributed by atoms with Crippen LogP contribution >= 0.6 is 0 Å². The van der Waals surface area contributed by atoms with Crippen LogP contribution in [0.5, 0.6) is 0 Å². The van der Waals surface area contributed by atoms with Gasteiger partial charge in [0, 0.05) is 26.2 Å². The van der Waals surface area contributed by atoms with Crippen LogP contribution in [-0.2, 0) is 0 Å². The number of rotatable bonds is 7. The van der Waals surface area contributed by atoms with Gasteiger partial charge in [0.05, 0.1) is 5.60 Å². The molecule has 0 heterocycles. The number of aliphatic hydroxyl groups is 1. The smallest absolute Gasteiger partial charge is 0.0867 e. The van der Waals surface area contributed by atoms with Crippen LogP contribution in [0.15, 0.2) is 0 Å². The standard InChI is InChI=1S/C12H28N2O/c1-10(2)6-14(7-11(3)4)9-12(5,15)8-13/h10-11,15H,6-9,13H2,1-5H3. The highest BCUT2D eigenvalue weighted by atomic mass is 16.3. The highest BCUT2D eigenvalue weighted by molar-refractivity contribution is 4.79. The summed E-state index contributed by atoms with van der Waals surface area (Å²) in [5, 5.41) is 9.95. The third-order valence-corrected chi connectivity index (χ3v) is 2.25. The summed E-state index contributed by atoms with van der Waals surface area (Å²) in [4.78, 5) is 2.31. The van der Waals surface area contributed by atoms with Gasteiger partial charge in [0.25, 0.3) is 0 Å². The van der Waals surface area contributed by atoms with Gasteiger partial charge < -0.3 is 10.8 Å². The maximum Gasteiger partial charge on any atom is 0.0867 e. The minimum absolute atomic E-state index is 0.319. The zero-order valence-electron chi connectivity index (χ0n) is 11.0. The van der Waals surface area contributed by atoms with Gasteiger partial charge >= 0.3 is 0 Å². The summed E-state index contributed by atoms with van der Waals surface area (Å²) in [6.45, 7) is 13.6. The molecule has 0 saturated carbocycles. The van der Waals surface area contributed by atoms with E-state index in [0.717, 1.165) is 13.1 Å². The van der Waals surface area contributed by atoms with Crippen LogP contribution in [0.25, 0.3) is 0 Å². The largest absolute Gasteiger partial charge is 0.388 e. The van der Waals surface area contributed by atoms with Gasteiger partial charge in [-0.2, -0.15) is 0 Å². The first-order chi connectivity index (χ1) is 6.76. The summed E-state index contributed by atoms with van der Waals surface area (Å²) < 4.78 is 0. The maximum atomic E-state index is 9.95. The van der Waals surface area contributed by atoms with Crippen molar-refractivity contribution in [3.05, 3.63) is 0 Å². The molecular weight excluding hydrogens is 188 g/mol. The van der Waals surface area contributed by atoms with Crippen molar-refractivity contribution in [1.29, 1.82) is 0 Å². The molecule has 0 aromatic heterocycles. The summed E-state index contributed by atoms with van der Waals surface area (Å²) in [6, 6.07) is 0. The van der Waals surface area contributed by atoms with Crippen LogP contribution in [0.2, 0.25) is 0 Å².